The third kappa shape index (κ3) is 3.11. The van der Waals surface area contributed by atoms with Crippen molar-refractivity contribution < 1.29 is 4.74 Å². The van der Waals surface area contributed by atoms with E-state index in [0.717, 1.165) is 15.6 Å². The van der Waals surface area contributed by atoms with Crippen molar-refractivity contribution in [3.05, 3.63) is 53.0 Å². The molecule has 3 heteroatoms. The third-order valence-corrected chi connectivity index (χ3v) is 3.61. The minimum Gasteiger partial charge on any atom is -0.488 e. The Morgan fingerprint density at radius 3 is 2.71 bits per heavy atom. The van der Waals surface area contributed by atoms with Crippen LogP contribution in [0.1, 0.15) is 0 Å². The smallest absolute Gasteiger partial charge is 0.134 e. The third-order valence-electron chi connectivity index (χ3n) is 2.42. The number of halogens is 2. The number of alkyl halides is 1. The maximum Gasteiger partial charge on any atom is 0.134 e. The molecule has 88 valence electrons. The first-order valence-electron chi connectivity index (χ1n) is 5.34. The lowest BCUT2D eigenvalue weighted by molar-refractivity contribution is 0.361. The van der Waals surface area contributed by atoms with Gasteiger partial charge in [-0.3, -0.25) is 0 Å². The highest BCUT2D eigenvalue weighted by Crippen LogP contribution is 2.32. The number of hydrogen-bond acceptors (Lipinski definition) is 1. The van der Waals surface area contributed by atoms with Gasteiger partial charge in [0.2, 0.25) is 0 Å². The average Bonchev–Trinajstić information content (AvgIpc) is 2.37. The zero-order valence-corrected chi connectivity index (χ0v) is 12.4. The van der Waals surface area contributed by atoms with E-state index in [1.165, 1.54) is 10.8 Å². The van der Waals surface area contributed by atoms with Crippen LogP contribution in [-0.2, 0) is 0 Å². The molecular formula is C14H12Br2O. The first-order chi connectivity index (χ1) is 8.33. The van der Waals surface area contributed by atoms with Gasteiger partial charge in [-0.15, -0.1) is 0 Å². The Hall–Kier alpha value is -0.800. The van der Waals surface area contributed by atoms with Crippen LogP contribution in [0.25, 0.3) is 10.8 Å². The Labute approximate surface area is 118 Å². The quantitative estimate of drug-likeness (QED) is 0.558. The van der Waals surface area contributed by atoms with Gasteiger partial charge in [0.15, 0.2) is 0 Å². The maximum atomic E-state index is 5.69. The summed E-state index contributed by atoms with van der Waals surface area (Å²) in [5.74, 6) is 0.878. The topological polar surface area (TPSA) is 9.23 Å². The van der Waals surface area contributed by atoms with Gasteiger partial charge in [-0.1, -0.05) is 58.4 Å². The average molecular weight is 356 g/mol. The zero-order chi connectivity index (χ0) is 12.1. The number of hydrogen-bond donors (Lipinski definition) is 0. The van der Waals surface area contributed by atoms with E-state index in [0.29, 0.717) is 6.61 Å². The number of allylic oxidation sites excluding steroid dienone is 1. The fourth-order valence-corrected chi connectivity index (χ4v) is 2.47. The Balaban J connectivity index is 2.23. The summed E-state index contributed by atoms with van der Waals surface area (Å²) in [6.07, 6.45) is 4.02. The number of ether oxygens (including phenoxy) is 1. The molecule has 0 atom stereocenters. The zero-order valence-electron chi connectivity index (χ0n) is 9.20. The lowest BCUT2D eigenvalue weighted by Crippen LogP contribution is -1.94. The van der Waals surface area contributed by atoms with Crippen LogP contribution in [0, 0.1) is 0 Å². The molecule has 0 aromatic heterocycles. The second-order valence-electron chi connectivity index (χ2n) is 3.54. The Morgan fingerprint density at radius 1 is 1.06 bits per heavy atom. The van der Waals surface area contributed by atoms with Crippen molar-refractivity contribution in [2.45, 2.75) is 0 Å². The highest BCUT2D eigenvalue weighted by molar-refractivity contribution is 9.10. The molecule has 2 rings (SSSR count). The van der Waals surface area contributed by atoms with Crippen molar-refractivity contribution in [1.82, 2.24) is 0 Å². The first-order valence-corrected chi connectivity index (χ1v) is 7.25. The van der Waals surface area contributed by atoms with Gasteiger partial charge in [0.05, 0.1) is 4.47 Å². The van der Waals surface area contributed by atoms with Crippen LogP contribution in [0.15, 0.2) is 53.0 Å². The van der Waals surface area contributed by atoms with Crippen LogP contribution in [-0.4, -0.2) is 11.9 Å². The second-order valence-corrected chi connectivity index (χ2v) is 4.98. The highest BCUT2D eigenvalue weighted by atomic mass is 79.9. The van der Waals surface area contributed by atoms with Gasteiger partial charge in [0, 0.05) is 5.33 Å². The molecule has 1 nitrogen and oxygen atoms in total. The molecule has 0 aliphatic rings. The molecule has 17 heavy (non-hydrogen) atoms. The molecule has 0 radical (unpaired) electrons. The summed E-state index contributed by atoms with van der Waals surface area (Å²) in [5.41, 5.74) is 0. The molecular weight excluding hydrogens is 344 g/mol. The summed E-state index contributed by atoms with van der Waals surface area (Å²) in [4.78, 5) is 0. The molecule has 0 saturated carbocycles. The molecule has 0 saturated heterocycles. The van der Waals surface area contributed by atoms with Crippen molar-refractivity contribution in [3.63, 3.8) is 0 Å². The number of rotatable bonds is 4. The molecule has 0 N–H and O–H groups in total. The summed E-state index contributed by atoms with van der Waals surface area (Å²) < 4.78 is 6.71. The van der Waals surface area contributed by atoms with Crippen molar-refractivity contribution >= 4 is 42.6 Å². The number of fused-ring (bicyclic) bond motifs is 1. The van der Waals surface area contributed by atoms with Gasteiger partial charge >= 0.3 is 0 Å². The molecule has 2 aromatic rings. The second kappa shape index (κ2) is 6.22. The van der Waals surface area contributed by atoms with Gasteiger partial charge in [-0.25, -0.2) is 0 Å². The van der Waals surface area contributed by atoms with Crippen molar-refractivity contribution in [3.8, 4) is 5.75 Å². The van der Waals surface area contributed by atoms with Crippen LogP contribution < -0.4 is 4.74 Å². The lowest BCUT2D eigenvalue weighted by Gasteiger charge is -2.08. The van der Waals surface area contributed by atoms with Gasteiger partial charge in [0.1, 0.15) is 12.4 Å². The van der Waals surface area contributed by atoms with Gasteiger partial charge in [-0.2, -0.15) is 0 Å². The van der Waals surface area contributed by atoms with E-state index in [1.54, 1.807) is 0 Å². The van der Waals surface area contributed by atoms with E-state index in [-0.39, 0.29) is 0 Å². The van der Waals surface area contributed by atoms with Crippen LogP contribution in [0.2, 0.25) is 0 Å². The molecule has 0 bridgehead atoms. The number of benzene rings is 2. The minimum atomic E-state index is 0.586. The van der Waals surface area contributed by atoms with Crippen molar-refractivity contribution in [2.75, 3.05) is 11.9 Å². The summed E-state index contributed by atoms with van der Waals surface area (Å²) in [6, 6.07) is 12.3. The Kier molecular flexibility index (Phi) is 4.63. The monoisotopic (exact) mass is 354 g/mol. The molecule has 0 aliphatic carbocycles. The van der Waals surface area contributed by atoms with Gasteiger partial charge in [-0.05, 0) is 32.8 Å². The predicted octanol–water partition coefficient (Wildman–Crippen LogP) is 4.93. The van der Waals surface area contributed by atoms with E-state index in [1.807, 2.05) is 30.4 Å². The van der Waals surface area contributed by atoms with Gasteiger partial charge < -0.3 is 4.74 Å². The fourth-order valence-electron chi connectivity index (χ4n) is 1.59. The van der Waals surface area contributed by atoms with E-state index in [4.69, 9.17) is 4.74 Å². The van der Waals surface area contributed by atoms with Gasteiger partial charge in [0.25, 0.3) is 0 Å². The molecule has 0 unspecified atom stereocenters. The highest BCUT2D eigenvalue weighted by Gasteiger charge is 2.04. The summed E-state index contributed by atoms with van der Waals surface area (Å²) in [5, 5.41) is 3.24. The van der Waals surface area contributed by atoms with Crippen LogP contribution in [0.3, 0.4) is 0 Å². The van der Waals surface area contributed by atoms with E-state index in [9.17, 15) is 0 Å². The summed E-state index contributed by atoms with van der Waals surface area (Å²) in [6.45, 7) is 0.586. The van der Waals surface area contributed by atoms with E-state index < -0.39 is 0 Å². The molecule has 2 aromatic carbocycles. The summed E-state index contributed by atoms with van der Waals surface area (Å²) >= 11 is 6.92. The molecule has 0 fully saturated rings. The largest absolute Gasteiger partial charge is 0.488 e. The van der Waals surface area contributed by atoms with Crippen LogP contribution >= 0.6 is 31.9 Å². The van der Waals surface area contributed by atoms with Crippen molar-refractivity contribution in [2.24, 2.45) is 0 Å². The minimum absolute atomic E-state index is 0.586. The molecule has 0 spiro atoms. The molecule has 0 amide bonds. The van der Waals surface area contributed by atoms with Crippen LogP contribution in [0.5, 0.6) is 5.75 Å². The Morgan fingerprint density at radius 2 is 1.88 bits per heavy atom. The van der Waals surface area contributed by atoms with E-state index >= 15 is 0 Å². The summed E-state index contributed by atoms with van der Waals surface area (Å²) in [7, 11) is 0. The maximum absolute atomic E-state index is 5.69. The molecule has 0 aliphatic heterocycles. The van der Waals surface area contributed by atoms with E-state index in [2.05, 4.69) is 50.1 Å². The normalized spacial score (nSPS) is 11.2. The van der Waals surface area contributed by atoms with Crippen LogP contribution in [0.4, 0.5) is 0 Å². The predicted molar refractivity (Wildman–Crippen MR) is 80.1 cm³/mol. The SMILES string of the molecule is BrC/C=C/COc1ccc2ccccc2c1Br. The lowest BCUT2D eigenvalue weighted by atomic mass is 10.1. The first kappa shape index (κ1) is 12.7. The Bertz CT molecular complexity index is 535. The van der Waals surface area contributed by atoms with Crippen molar-refractivity contribution in [1.29, 1.82) is 0 Å². The molecule has 0 heterocycles. The fraction of sp³-hybridized carbons (Fsp3) is 0.143. The standard InChI is InChI=1S/C14H12Br2O/c15-9-3-4-10-17-13-8-7-11-5-1-2-6-12(11)14(13)16/h1-8H,9-10H2/b4-3+.